The van der Waals surface area contributed by atoms with Gasteiger partial charge >= 0.3 is 18.5 Å². The second kappa shape index (κ2) is 11.0. The highest BCUT2D eigenvalue weighted by atomic mass is 32.2. The molecule has 15 heteroatoms. The molecule has 0 saturated carbocycles. The van der Waals surface area contributed by atoms with Crippen LogP contribution in [0.1, 0.15) is 42.0 Å². The predicted molar refractivity (Wildman–Crippen MR) is 124 cm³/mol. The van der Waals surface area contributed by atoms with Crippen molar-refractivity contribution < 1.29 is 49.1 Å². The van der Waals surface area contributed by atoms with Crippen molar-refractivity contribution in [3.05, 3.63) is 64.7 Å². The summed E-state index contributed by atoms with van der Waals surface area (Å²) in [7, 11) is 0. The van der Waals surface area contributed by atoms with E-state index in [-0.39, 0.29) is 41.6 Å². The largest absolute Gasteiger partial charge is 0.435 e. The molecule has 2 aromatic carbocycles. The smallest absolute Gasteiger partial charge is 0.374 e. The van der Waals surface area contributed by atoms with Gasteiger partial charge in [0.05, 0.1) is 34.6 Å². The summed E-state index contributed by atoms with van der Waals surface area (Å²) >= 11 is 1.24. The zero-order chi connectivity index (χ0) is 29.2. The number of rotatable bonds is 7. The number of nitriles is 1. The van der Waals surface area contributed by atoms with Gasteiger partial charge in [-0.15, -0.1) is 11.8 Å². The van der Waals surface area contributed by atoms with Gasteiger partial charge in [-0.05, 0) is 41.6 Å². The first-order valence-electron chi connectivity index (χ1n) is 11.0. The van der Waals surface area contributed by atoms with Gasteiger partial charge in [-0.1, -0.05) is 24.2 Å². The molecule has 0 bridgehead atoms. The third kappa shape index (κ3) is 6.60. The molecule has 39 heavy (non-hydrogen) atoms. The summed E-state index contributed by atoms with van der Waals surface area (Å²) in [5.74, 6) is 0.0920. The van der Waals surface area contributed by atoms with Crippen molar-refractivity contribution in [1.29, 1.82) is 5.26 Å². The lowest BCUT2D eigenvalue weighted by molar-refractivity contribution is -0.276. The van der Waals surface area contributed by atoms with E-state index in [1.165, 1.54) is 36.0 Å². The number of oxime groups is 1. The third-order valence-electron chi connectivity index (χ3n) is 5.66. The summed E-state index contributed by atoms with van der Waals surface area (Å²) in [4.78, 5) is 17.0. The van der Waals surface area contributed by atoms with E-state index in [2.05, 4.69) is 15.3 Å². The average Bonchev–Trinajstić information content (AvgIpc) is 3.30. The minimum absolute atomic E-state index is 0.0265. The van der Waals surface area contributed by atoms with Crippen LogP contribution in [0, 0.1) is 11.3 Å². The van der Waals surface area contributed by atoms with Gasteiger partial charge in [0.1, 0.15) is 0 Å². The van der Waals surface area contributed by atoms with Gasteiger partial charge in [-0.25, -0.2) is 0 Å². The lowest BCUT2D eigenvalue weighted by atomic mass is 9.84. The highest BCUT2D eigenvalue weighted by Crippen LogP contribution is 2.50. The van der Waals surface area contributed by atoms with E-state index >= 15 is 0 Å². The molecule has 1 heterocycles. The number of benzene rings is 2. The molecule has 1 amide bonds. The molecule has 0 aromatic heterocycles. The fraction of sp³-hybridized carbons (Fsp3) is 0.375. The molecule has 0 saturated heterocycles. The van der Waals surface area contributed by atoms with Crippen LogP contribution in [0.5, 0.6) is 0 Å². The summed E-state index contributed by atoms with van der Waals surface area (Å²) in [6, 6.07) is 6.68. The minimum Gasteiger partial charge on any atom is -0.374 e. The normalized spacial score (nSPS) is 18.6. The number of halogens is 9. The molecular formula is C24H18F9N3O2S. The Morgan fingerprint density at radius 2 is 1.62 bits per heavy atom. The Morgan fingerprint density at radius 3 is 2.08 bits per heavy atom. The molecule has 1 N–H and O–H groups in total. The number of alkyl halides is 9. The third-order valence-corrected chi connectivity index (χ3v) is 6.78. The minimum atomic E-state index is -5.45. The number of amides is 1. The van der Waals surface area contributed by atoms with Gasteiger partial charge in [0.2, 0.25) is 5.91 Å². The van der Waals surface area contributed by atoms with Gasteiger partial charge < -0.3 is 10.2 Å². The summed E-state index contributed by atoms with van der Waals surface area (Å²) < 4.78 is 122. The molecule has 2 unspecified atom stereocenters. The predicted octanol–water partition coefficient (Wildman–Crippen LogP) is 7.28. The standard InChI is InChI=1S/C24H18F9N3O2S/c1-2-39-19(7-8-34)20(37)35-17-5-3-13(4-6-17)18-12-21(38-36-18,24(31,32)33)14-9-15(22(25,26)27)11-16(10-14)23(28,29)30/h3-6,9-11,19H,2,7,12H2,1H3,(H,35,37). The van der Waals surface area contributed by atoms with Gasteiger partial charge in [-0.2, -0.15) is 44.8 Å². The van der Waals surface area contributed by atoms with Crippen LogP contribution in [0.2, 0.25) is 0 Å². The van der Waals surface area contributed by atoms with Crippen molar-refractivity contribution in [2.24, 2.45) is 5.16 Å². The van der Waals surface area contributed by atoms with E-state index in [9.17, 15) is 44.3 Å². The number of hydrogen-bond donors (Lipinski definition) is 1. The van der Waals surface area contributed by atoms with Crippen molar-refractivity contribution in [1.82, 2.24) is 0 Å². The van der Waals surface area contributed by atoms with Crippen molar-refractivity contribution in [3.8, 4) is 6.07 Å². The summed E-state index contributed by atoms with van der Waals surface area (Å²) in [5, 5.41) is 14.1. The van der Waals surface area contributed by atoms with Gasteiger partial charge in [0.15, 0.2) is 0 Å². The molecule has 2 aromatic rings. The Balaban J connectivity index is 1.93. The number of thioether (sulfide) groups is 1. The van der Waals surface area contributed by atoms with Crippen molar-refractivity contribution >= 4 is 29.1 Å². The quantitative estimate of drug-likeness (QED) is 0.348. The van der Waals surface area contributed by atoms with Gasteiger partial charge in [0.25, 0.3) is 5.60 Å². The summed E-state index contributed by atoms with van der Waals surface area (Å²) in [5.41, 5.74) is -9.00. The number of nitrogens with one attached hydrogen (secondary N) is 1. The van der Waals surface area contributed by atoms with Crippen LogP contribution in [0.15, 0.2) is 47.6 Å². The van der Waals surface area contributed by atoms with E-state index in [4.69, 9.17) is 5.26 Å². The number of anilines is 1. The Morgan fingerprint density at radius 1 is 1.05 bits per heavy atom. The molecule has 1 aliphatic rings. The molecule has 0 aliphatic carbocycles. The van der Waals surface area contributed by atoms with E-state index in [0.717, 1.165) is 0 Å². The lowest BCUT2D eigenvalue weighted by Crippen LogP contribution is -2.43. The first-order valence-corrected chi connectivity index (χ1v) is 12.1. The molecule has 210 valence electrons. The Hall–Kier alpha value is -3.41. The fourth-order valence-corrected chi connectivity index (χ4v) is 4.53. The lowest BCUT2D eigenvalue weighted by Gasteiger charge is -2.30. The Kier molecular flexibility index (Phi) is 8.49. The molecule has 5 nitrogen and oxygen atoms in total. The second-order valence-electron chi connectivity index (χ2n) is 8.30. The van der Waals surface area contributed by atoms with Crippen LogP contribution in [-0.4, -0.2) is 28.8 Å². The summed E-state index contributed by atoms with van der Waals surface area (Å²) in [6.07, 6.45) is -17.5. The molecule has 3 rings (SSSR count). The van der Waals surface area contributed by atoms with Crippen LogP contribution >= 0.6 is 11.8 Å². The number of carbonyl (C=O) groups excluding carboxylic acids is 1. The SMILES string of the molecule is CCSC(CC#N)C(=O)Nc1ccc(C2=NOC(c3cc(C(F)(F)F)cc(C(F)(F)F)c3)(C(F)(F)F)C2)cc1. The van der Waals surface area contributed by atoms with Gasteiger partial charge in [0, 0.05) is 17.7 Å². The number of hydrogen-bond acceptors (Lipinski definition) is 5. The molecule has 0 spiro atoms. The molecule has 0 fully saturated rings. The van der Waals surface area contributed by atoms with Crippen LogP contribution in [-0.2, 0) is 27.6 Å². The Labute approximate surface area is 220 Å². The van der Waals surface area contributed by atoms with E-state index in [0.29, 0.717) is 5.75 Å². The summed E-state index contributed by atoms with van der Waals surface area (Å²) in [6.45, 7) is 1.80. The van der Waals surface area contributed by atoms with Crippen molar-refractivity contribution in [2.75, 3.05) is 11.1 Å². The zero-order valence-corrected chi connectivity index (χ0v) is 20.6. The van der Waals surface area contributed by atoms with Crippen LogP contribution < -0.4 is 5.32 Å². The van der Waals surface area contributed by atoms with Crippen molar-refractivity contribution in [2.45, 2.75) is 49.1 Å². The van der Waals surface area contributed by atoms with E-state index in [1.54, 1.807) is 6.92 Å². The van der Waals surface area contributed by atoms with Gasteiger partial charge in [-0.3, -0.25) is 4.79 Å². The maximum Gasteiger partial charge on any atom is 0.435 e. The second-order valence-corrected chi connectivity index (χ2v) is 9.78. The number of nitrogens with zero attached hydrogens (tertiary/aromatic N) is 2. The highest BCUT2D eigenvalue weighted by Gasteiger charge is 2.63. The van der Waals surface area contributed by atoms with Crippen molar-refractivity contribution in [3.63, 3.8) is 0 Å². The molecular weight excluding hydrogens is 565 g/mol. The monoisotopic (exact) mass is 583 g/mol. The van der Waals surface area contributed by atoms with Crippen LogP contribution in [0.25, 0.3) is 0 Å². The van der Waals surface area contributed by atoms with E-state index < -0.39 is 58.4 Å². The molecule has 2 atom stereocenters. The maximum absolute atomic E-state index is 14.2. The topological polar surface area (TPSA) is 74.5 Å². The molecule has 0 radical (unpaired) electrons. The highest BCUT2D eigenvalue weighted by molar-refractivity contribution is 8.00. The first-order chi connectivity index (χ1) is 18.0. The van der Waals surface area contributed by atoms with Crippen LogP contribution in [0.4, 0.5) is 45.2 Å². The fourth-order valence-electron chi connectivity index (χ4n) is 3.73. The van der Waals surface area contributed by atoms with E-state index in [1.807, 2.05) is 6.07 Å². The first kappa shape index (κ1) is 30.1. The maximum atomic E-state index is 14.2. The average molecular weight is 583 g/mol. The van der Waals surface area contributed by atoms with Crippen LogP contribution in [0.3, 0.4) is 0 Å². The number of carbonyl (C=O) groups is 1. The molecule has 1 aliphatic heterocycles. The zero-order valence-electron chi connectivity index (χ0n) is 19.8. The Bertz CT molecular complexity index is 1250.